The van der Waals surface area contributed by atoms with Gasteiger partial charge in [0.15, 0.2) is 0 Å². The summed E-state index contributed by atoms with van der Waals surface area (Å²) in [6.07, 6.45) is 4.18. The molecular formula is C11H15N. The topological polar surface area (TPSA) is 3.24 Å². The third-order valence-corrected chi connectivity index (χ3v) is 1.76. The van der Waals surface area contributed by atoms with Gasteiger partial charge in [-0.3, -0.25) is 0 Å². The predicted molar refractivity (Wildman–Crippen MR) is 55.5 cm³/mol. The van der Waals surface area contributed by atoms with Crippen LogP contribution in [0.5, 0.6) is 0 Å². The van der Waals surface area contributed by atoms with Crippen LogP contribution in [0, 0.1) is 0 Å². The fraction of sp³-hybridized carbons (Fsp3) is 0.273. The molecule has 1 nitrogen and oxygen atoms in total. The van der Waals surface area contributed by atoms with Gasteiger partial charge >= 0.3 is 0 Å². The summed E-state index contributed by atoms with van der Waals surface area (Å²) < 4.78 is 0. The van der Waals surface area contributed by atoms with Gasteiger partial charge < -0.3 is 4.90 Å². The van der Waals surface area contributed by atoms with E-state index in [1.807, 2.05) is 6.92 Å². The van der Waals surface area contributed by atoms with Gasteiger partial charge in [0.25, 0.3) is 0 Å². The highest BCUT2D eigenvalue weighted by Gasteiger charge is 1.98. The van der Waals surface area contributed by atoms with Crippen LogP contribution in [0.2, 0.25) is 0 Å². The SMILES string of the molecule is CC=Cc1ccccc1N(C)C. The van der Waals surface area contributed by atoms with Crippen molar-refractivity contribution in [2.75, 3.05) is 19.0 Å². The molecule has 0 bridgehead atoms. The molecule has 1 heteroatoms. The Morgan fingerprint density at radius 3 is 2.42 bits per heavy atom. The van der Waals surface area contributed by atoms with E-state index in [0.29, 0.717) is 0 Å². The maximum absolute atomic E-state index is 2.12. The molecule has 0 saturated heterocycles. The molecule has 12 heavy (non-hydrogen) atoms. The zero-order valence-electron chi connectivity index (χ0n) is 7.91. The van der Waals surface area contributed by atoms with E-state index in [-0.39, 0.29) is 0 Å². The molecule has 1 aromatic rings. The van der Waals surface area contributed by atoms with E-state index in [0.717, 1.165) is 0 Å². The molecule has 64 valence electrons. The smallest absolute Gasteiger partial charge is 0.0434 e. The van der Waals surface area contributed by atoms with Crippen LogP contribution >= 0.6 is 0 Å². The molecule has 0 heterocycles. The zero-order chi connectivity index (χ0) is 8.97. The van der Waals surface area contributed by atoms with Crippen molar-refractivity contribution in [1.82, 2.24) is 0 Å². The normalized spacial score (nSPS) is 10.6. The third kappa shape index (κ3) is 1.88. The van der Waals surface area contributed by atoms with Gasteiger partial charge in [-0.15, -0.1) is 0 Å². The Bertz CT molecular complexity index is 274. The first kappa shape index (κ1) is 8.85. The van der Waals surface area contributed by atoms with Crippen LogP contribution in [-0.4, -0.2) is 14.1 Å². The van der Waals surface area contributed by atoms with Crippen molar-refractivity contribution in [2.24, 2.45) is 0 Å². The van der Waals surface area contributed by atoms with Crippen LogP contribution in [-0.2, 0) is 0 Å². The minimum Gasteiger partial charge on any atom is -0.377 e. The van der Waals surface area contributed by atoms with Crippen molar-refractivity contribution >= 4 is 11.8 Å². The Hall–Kier alpha value is -1.24. The van der Waals surface area contributed by atoms with Crippen LogP contribution < -0.4 is 4.90 Å². The van der Waals surface area contributed by atoms with Gasteiger partial charge in [-0.25, -0.2) is 0 Å². The van der Waals surface area contributed by atoms with Gasteiger partial charge in [-0.1, -0.05) is 30.4 Å². The number of allylic oxidation sites excluding steroid dienone is 1. The number of rotatable bonds is 2. The van der Waals surface area contributed by atoms with Crippen molar-refractivity contribution < 1.29 is 0 Å². The van der Waals surface area contributed by atoms with E-state index < -0.39 is 0 Å². The molecule has 0 saturated carbocycles. The van der Waals surface area contributed by atoms with Crippen molar-refractivity contribution in [1.29, 1.82) is 0 Å². The minimum absolute atomic E-state index is 1.26. The van der Waals surface area contributed by atoms with Gasteiger partial charge in [-0.2, -0.15) is 0 Å². The molecule has 0 aliphatic heterocycles. The molecule has 0 fully saturated rings. The Labute approximate surface area is 74.3 Å². The summed E-state index contributed by atoms with van der Waals surface area (Å²) in [5.74, 6) is 0. The molecule has 0 spiro atoms. The second-order valence-electron chi connectivity index (χ2n) is 2.95. The van der Waals surface area contributed by atoms with Crippen LogP contribution in [0.1, 0.15) is 12.5 Å². The molecule has 0 radical (unpaired) electrons. The Kier molecular flexibility index (Phi) is 2.92. The largest absolute Gasteiger partial charge is 0.377 e. The van der Waals surface area contributed by atoms with E-state index in [9.17, 15) is 0 Å². The Morgan fingerprint density at radius 1 is 1.17 bits per heavy atom. The number of hydrogen-bond acceptors (Lipinski definition) is 1. The summed E-state index contributed by atoms with van der Waals surface area (Å²) >= 11 is 0. The fourth-order valence-electron chi connectivity index (χ4n) is 1.22. The lowest BCUT2D eigenvalue weighted by Crippen LogP contribution is -2.09. The van der Waals surface area contributed by atoms with Gasteiger partial charge in [-0.05, 0) is 18.6 Å². The first-order valence-electron chi connectivity index (χ1n) is 4.14. The van der Waals surface area contributed by atoms with Gasteiger partial charge in [0, 0.05) is 19.8 Å². The van der Waals surface area contributed by atoms with Gasteiger partial charge in [0.2, 0.25) is 0 Å². The van der Waals surface area contributed by atoms with E-state index in [1.54, 1.807) is 0 Å². The highest BCUT2D eigenvalue weighted by Crippen LogP contribution is 2.18. The molecule has 0 aromatic heterocycles. The van der Waals surface area contributed by atoms with Crippen molar-refractivity contribution in [2.45, 2.75) is 6.92 Å². The molecule has 0 aliphatic rings. The summed E-state index contributed by atoms with van der Waals surface area (Å²) in [5, 5.41) is 0. The molecule has 0 unspecified atom stereocenters. The Balaban J connectivity index is 3.08. The fourth-order valence-corrected chi connectivity index (χ4v) is 1.22. The maximum atomic E-state index is 2.12. The predicted octanol–water partition coefficient (Wildman–Crippen LogP) is 2.79. The molecule has 0 atom stereocenters. The second kappa shape index (κ2) is 3.96. The monoisotopic (exact) mass is 161 g/mol. The van der Waals surface area contributed by atoms with E-state index in [2.05, 4.69) is 55.4 Å². The quantitative estimate of drug-likeness (QED) is 0.644. The molecule has 1 rings (SSSR count). The van der Waals surface area contributed by atoms with E-state index >= 15 is 0 Å². The summed E-state index contributed by atoms with van der Waals surface area (Å²) in [7, 11) is 4.12. The summed E-state index contributed by atoms with van der Waals surface area (Å²) in [6.45, 7) is 2.03. The van der Waals surface area contributed by atoms with Crippen molar-refractivity contribution in [3.05, 3.63) is 35.9 Å². The molecule has 0 aliphatic carbocycles. The molecule has 0 amide bonds. The first-order valence-corrected chi connectivity index (χ1v) is 4.14. The van der Waals surface area contributed by atoms with Crippen LogP contribution in [0.4, 0.5) is 5.69 Å². The van der Waals surface area contributed by atoms with Crippen LogP contribution in [0.25, 0.3) is 6.08 Å². The minimum atomic E-state index is 1.26. The van der Waals surface area contributed by atoms with Crippen molar-refractivity contribution in [3.63, 3.8) is 0 Å². The lowest BCUT2D eigenvalue weighted by atomic mass is 10.1. The zero-order valence-corrected chi connectivity index (χ0v) is 7.91. The highest BCUT2D eigenvalue weighted by atomic mass is 15.1. The molecule has 0 N–H and O–H groups in total. The van der Waals surface area contributed by atoms with E-state index in [4.69, 9.17) is 0 Å². The Morgan fingerprint density at radius 2 is 1.83 bits per heavy atom. The van der Waals surface area contributed by atoms with Gasteiger partial charge in [0.05, 0.1) is 0 Å². The van der Waals surface area contributed by atoms with Crippen molar-refractivity contribution in [3.8, 4) is 0 Å². The summed E-state index contributed by atoms with van der Waals surface area (Å²) in [5.41, 5.74) is 2.53. The molecular weight excluding hydrogens is 146 g/mol. The average Bonchev–Trinajstić information content (AvgIpc) is 2.05. The maximum Gasteiger partial charge on any atom is 0.0434 e. The number of anilines is 1. The lowest BCUT2D eigenvalue weighted by molar-refractivity contribution is 1.13. The standard InChI is InChI=1S/C11H15N/c1-4-7-10-8-5-6-9-11(10)12(2)3/h4-9H,1-3H3. The summed E-state index contributed by atoms with van der Waals surface area (Å²) in [6, 6.07) is 8.36. The average molecular weight is 161 g/mol. The number of nitrogens with zero attached hydrogens (tertiary/aromatic N) is 1. The lowest BCUT2D eigenvalue weighted by Gasteiger charge is -2.14. The number of hydrogen-bond donors (Lipinski definition) is 0. The second-order valence-corrected chi connectivity index (χ2v) is 2.95. The third-order valence-electron chi connectivity index (χ3n) is 1.76. The van der Waals surface area contributed by atoms with E-state index in [1.165, 1.54) is 11.3 Å². The van der Waals surface area contributed by atoms with Crippen LogP contribution in [0.3, 0.4) is 0 Å². The first-order chi connectivity index (χ1) is 5.75. The van der Waals surface area contributed by atoms with Crippen LogP contribution in [0.15, 0.2) is 30.3 Å². The van der Waals surface area contributed by atoms with Gasteiger partial charge in [0.1, 0.15) is 0 Å². The number of para-hydroxylation sites is 1. The molecule has 1 aromatic carbocycles. The highest BCUT2D eigenvalue weighted by molar-refractivity contribution is 5.66. The number of benzene rings is 1. The summed E-state index contributed by atoms with van der Waals surface area (Å²) in [4.78, 5) is 2.12.